The first-order valence-electron chi connectivity index (χ1n) is 6.15. The SMILES string of the molecule is CCNC(Cc1ccccc1Cl)c1cn(C)cn1. The lowest BCUT2D eigenvalue weighted by Gasteiger charge is -2.16. The molecule has 0 aliphatic heterocycles. The maximum atomic E-state index is 6.21. The van der Waals surface area contributed by atoms with Crippen molar-refractivity contribution in [3.05, 3.63) is 53.1 Å². The second-order valence-electron chi connectivity index (χ2n) is 4.37. The van der Waals surface area contributed by atoms with Crippen molar-refractivity contribution in [3.63, 3.8) is 0 Å². The van der Waals surface area contributed by atoms with Crippen molar-refractivity contribution >= 4 is 11.6 Å². The number of aromatic nitrogens is 2. The molecule has 2 rings (SSSR count). The number of hydrogen-bond acceptors (Lipinski definition) is 2. The molecule has 1 N–H and O–H groups in total. The molecule has 1 unspecified atom stereocenters. The average molecular weight is 264 g/mol. The van der Waals surface area contributed by atoms with Crippen molar-refractivity contribution in [1.29, 1.82) is 0 Å². The van der Waals surface area contributed by atoms with Crippen LogP contribution in [-0.4, -0.2) is 16.1 Å². The number of nitrogens with zero attached hydrogens (tertiary/aromatic N) is 2. The summed E-state index contributed by atoms with van der Waals surface area (Å²) in [4.78, 5) is 4.42. The molecule has 0 saturated heterocycles. The van der Waals surface area contributed by atoms with E-state index in [2.05, 4.69) is 23.3 Å². The van der Waals surface area contributed by atoms with Crippen molar-refractivity contribution in [2.45, 2.75) is 19.4 Å². The van der Waals surface area contributed by atoms with Gasteiger partial charge in [-0.1, -0.05) is 36.7 Å². The van der Waals surface area contributed by atoms with Gasteiger partial charge in [0.1, 0.15) is 0 Å². The topological polar surface area (TPSA) is 29.9 Å². The Morgan fingerprint density at radius 3 is 2.78 bits per heavy atom. The predicted molar refractivity (Wildman–Crippen MR) is 74.8 cm³/mol. The first-order chi connectivity index (χ1) is 8.70. The molecule has 4 heteroatoms. The molecule has 0 radical (unpaired) electrons. The fourth-order valence-electron chi connectivity index (χ4n) is 2.02. The average Bonchev–Trinajstić information content (AvgIpc) is 2.78. The van der Waals surface area contributed by atoms with Gasteiger partial charge in [-0.25, -0.2) is 4.98 Å². The van der Waals surface area contributed by atoms with Gasteiger partial charge in [0.15, 0.2) is 0 Å². The van der Waals surface area contributed by atoms with Gasteiger partial charge in [-0.05, 0) is 24.6 Å². The molecule has 3 nitrogen and oxygen atoms in total. The number of rotatable bonds is 5. The van der Waals surface area contributed by atoms with E-state index >= 15 is 0 Å². The highest BCUT2D eigenvalue weighted by molar-refractivity contribution is 6.31. The molecule has 1 aromatic heterocycles. The van der Waals surface area contributed by atoms with E-state index in [4.69, 9.17) is 11.6 Å². The Bertz CT molecular complexity index is 507. The van der Waals surface area contributed by atoms with Gasteiger partial charge in [-0.2, -0.15) is 0 Å². The van der Waals surface area contributed by atoms with Crippen molar-refractivity contribution in [3.8, 4) is 0 Å². The number of nitrogens with one attached hydrogen (secondary N) is 1. The Balaban J connectivity index is 2.19. The second kappa shape index (κ2) is 6.03. The maximum Gasteiger partial charge on any atom is 0.0947 e. The third-order valence-electron chi connectivity index (χ3n) is 2.91. The van der Waals surface area contributed by atoms with Gasteiger partial charge >= 0.3 is 0 Å². The minimum atomic E-state index is 0.205. The summed E-state index contributed by atoms with van der Waals surface area (Å²) in [5.41, 5.74) is 2.20. The summed E-state index contributed by atoms with van der Waals surface area (Å²) in [7, 11) is 1.98. The summed E-state index contributed by atoms with van der Waals surface area (Å²) in [5.74, 6) is 0. The van der Waals surface area contributed by atoms with Gasteiger partial charge in [0.25, 0.3) is 0 Å². The Hall–Kier alpha value is -1.32. The van der Waals surface area contributed by atoms with Gasteiger partial charge in [0.05, 0.1) is 18.1 Å². The summed E-state index contributed by atoms with van der Waals surface area (Å²) >= 11 is 6.21. The van der Waals surface area contributed by atoms with Gasteiger partial charge in [0.2, 0.25) is 0 Å². The molecule has 18 heavy (non-hydrogen) atoms. The van der Waals surface area contributed by atoms with Crippen LogP contribution in [0, 0.1) is 0 Å². The Morgan fingerprint density at radius 2 is 2.17 bits per heavy atom. The van der Waals surface area contributed by atoms with Crippen LogP contribution in [0.4, 0.5) is 0 Å². The van der Waals surface area contributed by atoms with Crippen molar-refractivity contribution in [2.24, 2.45) is 7.05 Å². The third-order valence-corrected chi connectivity index (χ3v) is 3.28. The molecular formula is C14H18ClN3. The highest BCUT2D eigenvalue weighted by Crippen LogP contribution is 2.22. The van der Waals surface area contributed by atoms with E-state index in [0.29, 0.717) is 0 Å². The van der Waals surface area contributed by atoms with Gasteiger partial charge < -0.3 is 9.88 Å². The second-order valence-corrected chi connectivity index (χ2v) is 4.78. The van der Waals surface area contributed by atoms with Crippen molar-refractivity contribution < 1.29 is 0 Å². The van der Waals surface area contributed by atoms with Gasteiger partial charge in [-0.15, -0.1) is 0 Å². The molecule has 1 aromatic carbocycles. The highest BCUT2D eigenvalue weighted by atomic mass is 35.5. The van der Waals surface area contributed by atoms with E-state index < -0.39 is 0 Å². The fraction of sp³-hybridized carbons (Fsp3) is 0.357. The third kappa shape index (κ3) is 3.12. The lowest BCUT2D eigenvalue weighted by Crippen LogP contribution is -2.23. The summed E-state index contributed by atoms with van der Waals surface area (Å²) in [6.07, 6.45) is 4.72. The number of imidazole rings is 1. The van der Waals surface area contributed by atoms with Gasteiger partial charge in [0, 0.05) is 18.3 Å². The van der Waals surface area contributed by atoms with E-state index in [1.54, 1.807) is 0 Å². The zero-order valence-corrected chi connectivity index (χ0v) is 11.5. The van der Waals surface area contributed by atoms with Crippen molar-refractivity contribution in [1.82, 2.24) is 14.9 Å². The van der Waals surface area contributed by atoms with Crippen LogP contribution >= 0.6 is 11.6 Å². The molecule has 0 bridgehead atoms. The molecule has 0 aliphatic rings. The van der Waals surface area contributed by atoms with Crippen LogP contribution in [0.2, 0.25) is 5.02 Å². The first kappa shape index (κ1) is 13.1. The molecule has 0 spiro atoms. The Labute approximate surface area is 113 Å². The van der Waals surface area contributed by atoms with Crippen LogP contribution in [-0.2, 0) is 13.5 Å². The van der Waals surface area contributed by atoms with E-state index in [1.165, 1.54) is 0 Å². The molecular weight excluding hydrogens is 246 g/mol. The molecule has 0 fully saturated rings. The number of likely N-dealkylation sites (N-methyl/N-ethyl adjacent to an activating group) is 1. The normalized spacial score (nSPS) is 12.6. The fourth-order valence-corrected chi connectivity index (χ4v) is 2.24. The minimum Gasteiger partial charge on any atom is -0.340 e. The molecule has 0 saturated carbocycles. The largest absolute Gasteiger partial charge is 0.340 e. The lowest BCUT2D eigenvalue weighted by molar-refractivity contribution is 0.538. The standard InChI is InChI=1S/C14H18ClN3/c1-3-16-13(14-9-18(2)10-17-14)8-11-6-4-5-7-12(11)15/h4-7,9-10,13,16H,3,8H2,1-2H3. The van der Waals surface area contributed by atoms with Crippen LogP contribution in [0.5, 0.6) is 0 Å². The smallest absolute Gasteiger partial charge is 0.0947 e. The highest BCUT2D eigenvalue weighted by Gasteiger charge is 2.14. The van der Waals surface area contributed by atoms with Crippen LogP contribution in [0.1, 0.15) is 24.2 Å². The molecule has 0 aliphatic carbocycles. The molecule has 1 atom stereocenters. The van der Waals surface area contributed by atoms with E-state index in [-0.39, 0.29) is 6.04 Å². The Morgan fingerprint density at radius 1 is 1.39 bits per heavy atom. The molecule has 96 valence electrons. The molecule has 0 amide bonds. The maximum absolute atomic E-state index is 6.21. The molecule has 1 heterocycles. The predicted octanol–water partition coefficient (Wildman–Crippen LogP) is 2.97. The summed E-state index contributed by atoms with van der Waals surface area (Å²) in [6, 6.07) is 8.17. The van der Waals surface area contributed by atoms with Crippen LogP contribution in [0.25, 0.3) is 0 Å². The minimum absolute atomic E-state index is 0.205. The molecule has 2 aromatic rings. The lowest BCUT2D eigenvalue weighted by atomic mass is 10.0. The monoisotopic (exact) mass is 263 g/mol. The summed E-state index contributed by atoms with van der Waals surface area (Å²) in [6.45, 7) is 3.01. The zero-order valence-electron chi connectivity index (χ0n) is 10.7. The number of halogens is 1. The number of benzene rings is 1. The number of hydrogen-bond donors (Lipinski definition) is 1. The first-order valence-corrected chi connectivity index (χ1v) is 6.53. The van der Waals surface area contributed by atoms with E-state index in [0.717, 1.165) is 29.2 Å². The van der Waals surface area contributed by atoms with Crippen molar-refractivity contribution in [2.75, 3.05) is 6.54 Å². The zero-order chi connectivity index (χ0) is 13.0. The van der Waals surface area contributed by atoms with Crippen LogP contribution in [0.15, 0.2) is 36.8 Å². The van der Waals surface area contributed by atoms with Gasteiger partial charge in [-0.3, -0.25) is 0 Å². The summed E-state index contributed by atoms with van der Waals surface area (Å²) in [5, 5.41) is 4.27. The van der Waals surface area contributed by atoms with Crippen LogP contribution in [0.3, 0.4) is 0 Å². The number of aryl methyl sites for hydroxylation is 1. The summed E-state index contributed by atoms with van der Waals surface area (Å²) < 4.78 is 1.96. The van der Waals surface area contributed by atoms with Crippen LogP contribution < -0.4 is 5.32 Å². The Kier molecular flexibility index (Phi) is 4.39. The van der Waals surface area contributed by atoms with E-state index in [9.17, 15) is 0 Å². The van der Waals surface area contributed by atoms with E-state index in [1.807, 2.05) is 42.3 Å². The quantitative estimate of drug-likeness (QED) is 0.899.